The lowest BCUT2D eigenvalue weighted by atomic mass is 9.78. The Kier molecular flexibility index (Phi) is 12.9. The average molecular weight is 845 g/mol. The van der Waals surface area contributed by atoms with Gasteiger partial charge in [0, 0.05) is 11.8 Å². The Morgan fingerprint density at radius 1 is 0.869 bits per heavy atom. The Labute approximate surface area is 355 Å². The second-order valence-corrected chi connectivity index (χ2v) is 14.8. The van der Waals surface area contributed by atoms with Crippen LogP contribution in [0.2, 0.25) is 5.15 Å². The summed E-state index contributed by atoms with van der Waals surface area (Å²) in [5.41, 5.74) is 12.1. The van der Waals surface area contributed by atoms with Crippen LogP contribution in [0.1, 0.15) is 35.4 Å². The highest BCUT2D eigenvalue weighted by molar-refractivity contribution is 6.33. The van der Waals surface area contributed by atoms with Crippen LogP contribution in [0.4, 0.5) is 5.95 Å². The van der Waals surface area contributed by atoms with Crippen molar-refractivity contribution in [2.45, 2.75) is 75.6 Å². The van der Waals surface area contributed by atoms with Crippen molar-refractivity contribution in [1.29, 1.82) is 0 Å². The zero-order valence-corrected chi connectivity index (χ0v) is 33.7. The van der Waals surface area contributed by atoms with Gasteiger partial charge in [0.2, 0.25) is 11.9 Å². The number of ether oxygens (including phenoxy) is 6. The number of imidazole rings is 1. The minimum atomic E-state index is -1.63. The van der Waals surface area contributed by atoms with Crippen LogP contribution < -0.4 is 5.32 Å². The van der Waals surface area contributed by atoms with Gasteiger partial charge in [0.15, 0.2) is 28.7 Å². The van der Waals surface area contributed by atoms with Crippen molar-refractivity contribution < 1.29 is 38.0 Å². The van der Waals surface area contributed by atoms with Gasteiger partial charge in [-0.3, -0.25) is 19.5 Å². The second-order valence-electron chi connectivity index (χ2n) is 14.5. The summed E-state index contributed by atoms with van der Waals surface area (Å²) >= 11 is 6.84. The maximum Gasteiger partial charge on any atom is 0.318 e. The van der Waals surface area contributed by atoms with E-state index in [0.717, 1.165) is 16.7 Å². The third kappa shape index (κ3) is 9.11. The van der Waals surface area contributed by atoms with Gasteiger partial charge in [-0.15, -0.1) is 0 Å². The van der Waals surface area contributed by atoms with Gasteiger partial charge in [0.25, 0.3) is 0 Å². The topological polar surface area (TPSA) is 194 Å². The first-order valence-electron chi connectivity index (χ1n) is 19.5. The van der Waals surface area contributed by atoms with Crippen molar-refractivity contribution in [2.75, 3.05) is 11.9 Å². The summed E-state index contributed by atoms with van der Waals surface area (Å²) in [6.45, 7) is 1.46. The van der Waals surface area contributed by atoms with E-state index < -0.39 is 54.2 Å². The van der Waals surface area contributed by atoms with Gasteiger partial charge in [-0.05, 0) is 27.8 Å². The predicted molar refractivity (Wildman–Crippen MR) is 221 cm³/mol. The molecule has 2 aromatic heterocycles. The third-order valence-electron chi connectivity index (χ3n) is 10.5. The molecule has 2 fully saturated rings. The van der Waals surface area contributed by atoms with E-state index in [1.165, 1.54) is 13.3 Å². The summed E-state index contributed by atoms with van der Waals surface area (Å²) in [6, 6.07) is 36.1. The number of aromatic nitrogens is 4. The third-order valence-corrected chi connectivity index (χ3v) is 10.7. The molecule has 61 heavy (non-hydrogen) atoms. The number of hydrogen-bond donors (Lipinski definition) is 1. The minimum Gasteiger partial charge on any atom is -0.460 e. The van der Waals surface area contributed by atoms with E-state index in [0.29, 0.717) is 5.56 Å². The summed E-state index contributed by atoms with van der Waals surface area (Å²) in [5, 5.41) is 6.51. The van der Waals surface area contributed by atoms with E-state index in [1.807, 2.05) is 121 Å². The molecule has 17 heteroatoms. The smallest absolute Gasteiger partial charge is 0.318 e. The van der Waals surface area contributed by atoms with Gasteiger partial charge in [-0.1, -0.05) is 138 Å². The molecule has 16 nitrogen and oxygen atoms in total. The van der Waals surface area contributed by atoms with Crippen LogP contribution in [0.25, 0.3) is 21.6 Å². The highest BCUT2D eigenvalue weighted by Gasteiger charge is 2.69. The molecule has 0 radical (unpaired) electrons. The average Bonchev–Trinajstić information content (AvgIpc) is 3.89. The molecule has 2 aliphatic rings. The fourth-order valence-corrected chi connectivity index (χ4v) is 7.96. The number of rotatable bonds is 16. The molecule has 0 unspecified atom stereocenters. The van der Waals surface area contributed by atoms with Crippen LogP contribution in [0.5, 0.6) is 0 Å². The molecule has 0 saturated carbocycles. The zero-order valence-electron chi connectivity index (χ0n) is 32.9. The molecule has 8 rings (SSSR count). The number of anilines is 1. The van der Waals surface area contributed by atoms with Crippen molar-refractivity contribution in [1.82, 2.24) is 19.5 Å². The number of amides is 1. The fourth-order valence-electron chi connectivity index (χ4n) is 7.70. The molecular weight excluding hydrogens is 804 g/mol. The molecule has 0 aliphatic carbocycles. The van der Waals surface area contributed by atoms with Gasteiger partial charge < -0.3 is 28.4 Å². The lowest BCUT2D eigenvalue weighted by Crippen LogP contribution is -2.71. The monoisotopic (exact) mass is 844 g/mol. The summed E-state index contributed by atoms with van der Waals surface area (Å²) in [7, 11) is 0. The number of halogens is 1. The molecule has 0 bridgehead atoms. The van der Waals surface area contributed by atoms with Gasteiger partial charge in [0.1, 0.15) is 36.5 Å². The molecule has 2 saturated heterocycles. The summed E-state index contributed by atoms with van der Waals surface area (Å²) in [4.78, 5) is 42.6. The second kappa shape index (κ2) is 19.0. The standard InChI is InChI=1S/C44H41ClN8O8/c1-28(54)48-43-49-39(45)35-40(50-43)47-27-53(35)41-38-44(60-25-32-20-12-5-13-21-32,33(26-58-38)56-22-29-14-6-2-7-15-29)37(57-23-30-16-8-3-9-17-30)36(61-41)34(51-52-46)42(55)59-24-31-18-10-4-11-19-31/h2-21,27,33-34,36-38,41H,22-26H2,1H3,(H,48,49,50,54)/t33-,34+,36-,37+,38-,41+,44-/m0/s1. The SMILES string of the molecule is CC(=O)Nc1nc(Cl)c2c(ncn2[C@@H]2O[C@@H]([C@@H](N=[N+]=[N-])C(=O)OCc3ccccc3)[C@@H](OCc3ccccc3)[C@@]3(OCc4ccccc4)[C@@H](OCc4ccccc4)CO[C@@H]23)n1. The van der Waals surface area contributed by atoms with Gasteiger partial charge in [-0.25, -0.2) is 4.98 Å². The molecule has 312 valence electrons. The molecule has 1 amide bonds. The van der Waals surface area contributed by atoms with Crippen molar-refractivity contribution >= 4 is 40.6 Å². The Morgan fingerprint density at radius 3 is 2.03 bits per heavy atom. The van der Waals surface area contributed by atoms with E-state index in [1.54, 1.807) is 4.57 Å². The van der Waals surface area contributed by atoms with Crippen LogP contribution in [0.15, 0.2) is 133 Å². The van der Waals surface area contributed by atoms with Crippen molar-refractivity contribution in [2.24, 2.45) is 5.11 Å². The van der Waals surface area contributed by atoms with E-state index >= 15 is 0 Å². The highest BCUT2D eigenvalue weighted by Crippen LogP contribution is 2.50. The highest BCUT2D eigenvalue weighted by atomic mass is 35.5. The summed E-state index contributed by atoms with van der Waals surface area (Å²) < 4.78 is 42.0. The first kappa shape index (κ1) is 41.5. The summed E-state index contributed by atoms with van der Waals surface area (Å²) in [5.74, 6) is -1.32. The van der Waals surface area contributed by atoms with Crippen molar-refractivity contribution in [3.8, 4) is 0 Å². The number of benzene rings is 4. The number of esters is 1. The Balaban J connectivity index is 1.29. The van der Waals surface area contributed by atoms with Crippen molar-refractivity contribution in [3.63, 3.8) is 0 Å². The van der Waals surface area contributed by atoms with Crippen LogP contribution in [-0.4, -0.2) is 74.1 Å². The molecule has 4 aromatic carbocycles. The quantitative estimate of drug-likeness (QED) is 0.0338. The normalized spacial score (nSPS) is 22.5. The Morgan fingerprint density at radius 2 is 1.44 bits per heavy atom. The molecule has 4 heterocycles. The number of fused-ring (bicyclic) bond motifs is 2. The van der Waals surface area contributed by atoms with Gasteiger partial charge in [-0.2, -0.15) is 9.97 Å². The zero-order chi connectivity index (χ0) is 42.2. The first-order valence-corrected chi connectivity index (χ1v) is 19.9. The van der Waals surface area contributed by atoms with Gasteiger partial charge >= 0.3 is 5.97 Å². The maximum absolute atomic E-state index is 14.4. The molecular formula is C44H41ClN8O8. The lowest BCUT2D eigenvalue weighted by molar-refractivity contribution is -0.316. The van der Waals surface area contributed by atoms with Crippen LogP contribution in [0.3, 0.4) is 0 Å². The van der Waals surface area contributed by atoms with Crippen LogP contribution in [0, 0.1) is 0 Å². The Hall–Kier alpha value is -6.23. The maximum atomic E-state index is 14.4. The first-order chi connectivity index (χ1) is 29.8. The summed E-state index contributed by atoms with van der Waals surface area (Å²) in [6.07, 6.45) is -4.30. The number of carbonyl (C=O) groups is 2. The number of hydrogen-bond acceptors (Lipinski definition) is 12. The van der Waals surface area contributed by atoms with E-state index in [4.69, 9.17) is 40.0 Å². The minimum absolute atomic E-state index is 0.00174. The van der Waals surface area contributed by atoms with Crippen LogP contribution >= 0.6 is 11.6 Å². The molecule has 7 atom stereocenters. The van der Waals surface area contributed by atoms with E-state index in [9.17, 15) is 15.1 Å². The van der Waals surface area contributed by atoms with E-state index in [-0.39, 0.29) is 55.3 Å². The number of nitrogens with one attached hydrogen (secondary N) is 1. The van der Waals surface area contributed by atoms with E-state index in [2.05, 4.69) is 30.3 Å². The predicted octanol–water partition coefficient (Wildman–Crippen LogP) is 7.28. The molecule has 6 aromatic rings. The molecule has 0 spiro atoms. The van der Waals surface area contributed by atoms with Crippen molar-refractivity contribution in [3.05, 3.63) is 166 Å². The molecule has 1 N–H and O–H groups in total. The van der Waals surface area contributed by atoms with Crippen LogP contribution in [-0.2, 0) is 64.4 Å². The number of azide groups is 1. The number of nitrogens with zero attached hydrogens (tertiary/aromatic N) is 7. The fraction of sp³-hybridized carbons (Fsp3) is 0.295. The largest absolute Gasteiger partial charge is 0.460 e. The molecule has 2 aliphatic heterocycles. The van der Waals surface area contributed by atoms with Gasteiger partial charge in [0.05, 0.1) is 32.8 Å². The lowest BCUT2D eigenvalue weighted by Gasteiger charge is -2.53. The number of carbonyl (C=O) groups excluding carboxylic acids is 2. The Bertz CT molecular complexity index is 2480.